The average molecular weight is 885 g/mol. The molecule has 328 valence electrons. The van der Waals surface area contributed by atoms with Crippen LogP contribution in [0.15, 0.2) is 206 Å². The Morgan fingerprint density at radius 3 is 1.36 bits per heavy atom. The smallest absolute Gasteiger partial charge is 0.0991 e. The van der Waals surface area contributed by atoms with Crippen LogP contribution in [0.1, 0.15) is 84.0 Å². The molecule has 0 atom stereocenters. The fourth-order valence-electron chi connectivity index (χ4n) is 11.3. The zero-order chi connectivity index (χ0) is 47.0. The van der Waals surface area contributed by atoms with Crippen molar-refractivity contribution in [3.8, 4) is 34.4 Å². The Kier molecular flexibility index (Phi) is 9.84. The second kappa shape index (κ2) is 16.3. The summed E-state index contributed by atoms with van der Waals surface area (Å²) in [6.45, 7) is 8.91. The van der Waals surface area contributed by atoms with E-state index in [1.165, 1.54) is 61.0 Å². The van der Waals surface area contributed by atoms with Crippen molar-refractivity contribution in [1.29, 1.82) is 10.5 Å². The van der Waals surface area contributed by atoms with Crippen LogP contribution in [0.3, 0.4) is 0 Å². The average Bonchev–Trinajstić information content (AvgIpc) is 3.85. The van der Waals surface area contributed by atoms with Crippen LogP contribution in [0, 0.1) is 22.7 Å². The molecule has 0 amide bonds. The van der Waals surface area contributed by atoms with Gasteiger partial charge in [-0.2, -0.15) is 10.5 Å². The van der Waals surface area contributed by atoms with E-state index in [0.29, 0.717) is 23.0 Å². The maximum Gasteiger partial charge on any atom is 0.0991 e. The zero-order valence-electron chi connectivity index (χ0n) is 39.1. The lowest BCUT2D eigenvalue weighted by Crippen LogP contribution is -2.26. The van der Waals surface area contributed by atoms with Gasteiger partial charge in [-0.25, -0.2) is 0 Å². The van der Waals surface area contributed by atoms with Gasteiger partial charge in [0.15, 0.2) is 0 Å². The van der Waals surface area contributed by atoms with E-state index in [-0.39, 0.29) is 0 Å². The number of nitriles is 2. The van der Waals surface area contributed by atoms with Crippen LogP contribution in [0.4, 0.5) is 34.1 Å². The van der Waals surface area contributed by atoms with E-state index in [9.17, 15) is 10.5 Å². The van der Waals surface area contributed by atoms with Gasteiger partial charge in [0.25, 0.3) is 0 Å². The molecule has 4 nitrogen and oxygen atoms in total. The fraction of sp³-hybridized carbons (Fsp3) is 0.108. The maximum absolute atomic E-state index is 9.88. The topological polar surface area (TPSA) is 54.1 Å². The van der Waals surface area contributed by atoms with Crippen molar-refractivity contribution >= 4 is 55.7 Å². The second-order valence-electron chi connectivity index (χ2n) is 19.1. The monoisotopic (exact) mass is 884 g/mol. The molecule has 0 heterocycles. The van der Waals surface area contributed by atoms with E-state index in [4.69, 9.17) is 0 Å². The Bertz CT molecular complexity index is 3690. The highest BCUT2D eigenvalue weighted by Crippen LogP contribution is 2.65. The molecule has 0 saturated carbocycles. The van der Waals surface area contributed by atoms with Crippen molar-refractivity contribution in [3.63, 3.8) is 0 Å². The molecule has 0 unspecified atom stereocenters. The van der Waals surface area contributed by atoms with E-state index in [0.717, 1.165) is 50.3 Å². The molecule has 0 aromatic heterocycles. The molecule has 12 rings (SSSR count). The summed E-state index contributed by atoms with van der Waals surface area (Å²) in [5.41, 5.74) is 19.4. The molecule has 10 aromatic rings. The maximum atomic E-state index is 9.88. The molecule has 2 aliphatic rings. The lowest BCUT2D eigenvalue weighted by molar-refractivity contribution is 0.795. The number of benzene rings is 10. The number of anilines is 6. The number of fused-ring (bicyclic) bond motifs is 13. The third-order valence-corrected chi connectivity index (χ3v) is 14.7. The Labute approximate surface area is 404 Å². The predicted molar refractivity (Wildman–Crippen MR) is 285 cm³/mol. The Hall–Kier alpha value is -8.70. The van der Waals surface area contributed by atoms with Gasteiger partial charge in [0.2, 0.25) is 0 Å². The number of rotatable bonds is 8. The van der Waals surface area contributed by atoms with E-state index >= 15 is 0 Å². The predicted octanol–water partition coefficient (Wildman–Crippen LogP) is 17.3. The summed E-state index contributed by atoms with van der Waals surface area (Å²) < 4.78 is 0. The molecule has 0 bridgehead atoms. The van der Waals surface area contributed by atoms with Gasteiger partial charge in [0.05, 0.1) is 34.4 Å². The van der Waals surface area contributed by atoms with Crippen molar-refractivity contribution in [2.24, 2.45) is 0 Å². The fourth-order valence-corrected chi connectivity index (χ4v) is 11.3. The highest BCUT2D eigenvalue weighted by molar-refractivity contribution is 6.13. The normalized spacial score (nSPS) is 12.7. The third-order valence-electron chi connectivity index (χ3n) is 14.7. The molecule has 1 spiro atoms. The van der Waals surface area contributed by atoms with Gasteiger partial charge in [-0.1, -0.05) is 131 Å². The summed E-state index contributed by atoms with van der Waals surface area (Å²) in [6.07, 6.45) is 0. The van der Waals surface area contributed by atoms with Crippen LogP contribution in [-0.2, 0) is 5.41 Å². The second-order valence-corrected chi connectivity index (χ2v) is 19.1. The van der Waals surface area contributed by atoms with E-state index in [1.807, 2.05) is 36.4 Å². The van der Waals surface area contributed by atoms with Gasteiger partial charge in [0.1, 0.15) is 0 Å². The quantitative estimate of drug-likeness (QED) is 0.153. The van der Waals surface area contributed by atoms with Gasteiger partial charge in [-0.3, -0.25) is 0 Å². The van der Waals surface area contributed by atoms with E-state index < -0.39 is 5.41 Å². The van der Waals surface area contributed by atoms with Crippen LogP contribution in [0.5, 0.6) is 0 Å². The SMILES string of the molecule is CC(C)c1ccc(N(c2ccc(C#N)cc2)c2ccc3cc4c(cc3c2)C2(c3ccccc3-c3ccccc32)c2cc(N(c3ccc(C#N)cc3)c3ccc(C(C)C)cc3)c3ccccc3c2-4)cc1. The lowest BCUT2D eigenvalue weighted by Gasteiger charge is -2.33. The van der Waals surface area contributed by atoms with Crippen LogP contribution in [-0.4, -0.2) is 0 Å². The summed E-state index contributed by atoms with van der Waals surface area (Å²) >= 11 is 0. The molecule has 0 saturated heterocycles. The first-order chi connectivity index (χ1) is 33.8. The Balaban J connectivity index is 1.14. The number of hydrogen-bond donors (Lipinski definition) is 0. The molecule has 0 N–H and O–H groups in total. The van der Waals surface area contributed by atoms with E-state index in [1.54, 1.807) is 0 Å². The van der Waals surface area contributed by atoms with Gasteiger partial charge in [-0.15, -0.1) is 0 Å². The summed E-state index contributed by atoms with van der Waals surface area (Å²) in [7, 11) is 0. The Morgan fingerprint density at radius 1 is 0.377 bits per heavy atom. The summed E-state index contributed by atoms with van der Waals surface area (Å²) in [5, 5.41) is 24.2. The van der Waals surface area contributed by atoms with Gasteiger partial charge >= 0.3 is 0 Å². The Morgan fingerprint density at radius 2 is 0.841 bits per heavy atom. The van der Waals surface area contributed by atoms with Crippen molar-refractivity contribution < 1.29 is 0 Å². The molecular weight excluding hydrogens is 837 g/mol. The van der Waals surface area contributed by atoms with Crippen LogP contribution < -0.4 is 9.80 Å². The summed E-state index contributed by atoms with van der Waals surface area (Å²) in [5.74, 6) is 0.807. The molecule has 2 aliphatic carbocycles. The van der Waals surface area contributed by atoms with Crippen molar-refractivity contribution in [2.75, 3.05) is 9.80 Å². The van der Waals surface area contributed by atoms with Crippen LogP contribution >= 0.6 is 0 Å². The molecule has 4 heteroatoms. The molecule has 69 heavy (non-hydrogen) atoms. The standard InChI is InChI=1S/C65H48N4/c1-41(2)45-21-30-50(31-22-45)68(49-26-17-43(39-66)18-27-49)53-34-25-47-36-58-61(37-48(47)35-53)65(59-15-9-7-11-54(59)55-12-8-10-16-60(55)65)62-38-63(56-13-5-6-14-57(56)64(58)62)69(51-28-19-44(40-67)20-29-51)52-32-23-46(24-33-52)42(3)4/h5-38,41-42H,1-4H3. The van der Waals surface area contributed by atoms with Crippen LogP contribution in [0.25, 0.3) is 43.8 Å². The molecule has 0 fully saturated rings. The van der Waals surface area contributed by atoms with Crippen molar-refractivity contribution in [3.05, 3.63) is 251 Å². The summed E-state index contributed by atoms with van der Waals surface area (Å²) in [6, 6.07) is 79.5. The van der Waals surface area contributed by atoms with Gasteiger partial charge in [0, 0.05) is 33.8 Å². The molecular formula is C65H48N4. The first-order valence-corrected chi connectivity index (χ1v) is 23.9. The van der Waals surface area contributed by atoms with Crippen LogP contribution in [0.2, 0.25) is 0 Å². The number of nitrogens with zero attached hydrogens (tertiary/aromatic N) is 4. The minimum absolute atomic E-state index is 0.394. The zero-order valence-corrected chi connectivity index (χ0v) is 39.1. The highest BCUT2D eigenvalue weighted by Gasteiger charge is 2.52. The largest absolute Gasteiger partial charge is 0.310 e. The van der Waals surface area contributed by atoms with Crippen molar-refractivity contribution in [2.45, 2.75) is 44.9 Å². The first kappa shape index (κ1) is 41.7. The molecule has 0 radical (unpaired) electrons. The minimum Gasteiger partial charge on any atom is -0.310 e. The van der Waals surface area contributed by atoms with E-state index in [2.05, 4.69) is 219 Å². The number of hydrogen-bond acceptors (Lipinski definition) is 4. The molecule has 10 aromatic carbocycles. The first-order valence-electron chi connectivity index (χ1n) is 23.9. The van der Waals surface area contributed by atoms with Gasteiger partial charge in [-0.05, 0) is 187 Å². The van der Waals surface area contributed by atoms with Gasteiger partial charge < -0.3 is 9.80 Å². The van der Waals surface area contributed by atoms with Crippen molar-refractivity contribution in [1.82, 2.24) is 0 Å². The highest BCUT2D eigenvalue weighted by atomic mass is 15.1. The lowest BCUT2D eigenvalue weighted by atomic mass is 9.70. The molecule has 0 aliphatic heterocycles. The third kappa shape index (κ3) is 6.48. The summed E-state index contributed by atoms with van der Waals surface area (Å²) in [4.78, 5) is 4.68. The minimum atomic E-state index is -0.641.